The molecule has 0 saturated carbocycles. The van der Waals surface area contributed by atoms with Gasteiger partial charge in [0.25, 0.3) is 0 Å². The minimum atomic E-state index is 0.187. The largest absolute Gasteiger partial charge is 0.326 e. The molecule has 0 radical (unpaired) electrons. The van der Waals surface area contributed by atoms with Crippen molar-refractivity contribution >= 4 is 0 Å². The van der Waals surface area contributed by atoms with E-state index in [1.165, 1.54) is 0 Å². The Hall–Kier alpha value is -0.900. The predicted molar refractivity (Wildman–Crippen MR) is 57.0 cm³/mol. The normalized spacial score (nSPS) is 13.1. The molecular formula is C10H20N4. The van der Waals surface area contributed by atoms with Gasteiger partial charge >= 0.3 is 0 Å². The molecule has 2 N–H and O–H groups in total. The highest BCUT2D eigenvalue weighted by Crippen LogP contribution is 2.02. The summed E-state index contributed by atoms with van der Waals surface area (Å²) in [6.07, 6.45) is 2.79. The van der Waals surface area contributed by atoms with E-state index in [1.807, 2.05) is 4.68 Å². The van der Waals surface area contributed by atoms with Gasteiger partial charge in [0.1, 0.15) is 5.82 Å². The van der Waals surface area contributed by atoms with Gasteiger partial charge in [-0.25, -0.2) is 9.67 Å². The van der Waals surface area contributed by atoms with Crippen molar-refractivity contribution < 1.29 is 0 Å². The van der Waals surface area contributed by atoms with Crippen LogP contribution in [0.1, 0.15) is 38.8 Å². The molecule has 0 amide bonds. The van der Waals surface area contributed by atoms with Gasteiger partial charge in [0, 0.05) is 18.9 Å². The fourth-order valence-corrected chi connectivity index (χ4v) is 1.33. The first-order valence-electron chi connectivity index (χ1n) is 5.39. The van der Waals surface area contributed by atoms with Gasteiger partial charge in [-0.1, -0.05) is 20.8 Å². The van der Waals surface area contributed by atoms with Crippen molar-refractivity contribution in [1.29, 1.82) is 0 Å². The Labute approximate surface area is 85.5 Å². The van der Waals surface area contributed by atoms with E-state index in [-0.39, 0.29) is 6.04 Å². The average molecular weight is 196 g/mol. The maximum absolute atomic E-state index is 5.89. The van der Waals surface area contributed by atoms with Crippen molar-refractivity contribution in [2.45, 2.75) is 52.6 Å². The lowest BCUT2D eigenvalue weighted by atomic mass is 10.2. The molecule has 0 aliphatic rings. The van der Waals surface area contributed by atoms with E-state index in [9.17, 15) is 0 Å². The molecule has 1 unspecified atom stereocenters. The molecule has 1 atom stereocenters. The number of aryl methyl sites for hydroxylation is 2. The Morgan fingerprint density at radius 3 is 2.50 bits per heavy atom. The van der Waals surface area contributed by atoms with Gasteiger partial charge in [0.2, 0.25) is 0 Å². The second-order valence-corrected chi connectivity index (χ2v) is 3.50. The molecular weight excluding hydrogens is 176 g/mol. The van der Waals surface area contributed by atoms with E-state index < -0.39 is 0 Å². The van der Waals surface area contributed by atoms with Gasteiger partial charge < -0.3 is 5.73 Å². The minimum Gasteiger partial charge on any atom is -0.326 e. The molecule has 0 aliphatic carbocycles. The van der Waals surface area contributed by atoms with Crippen molar-refractivity contribution in [3.8, 4) is 0 Å². The molecule has 4 heteroatoms. The Morgan fingerprint density at radius 2 is 2.00 bits per heavy atom. The topological polar surface area (TPSA) is 56.7 Å². The number of nitrogens with two attached hydrogens (primary N) is 1. The summed E-state index contributed by atoms with van der Waals surface area (Å²) >= 11 is 0. The molecule has 1 rings (SSSR count). The summed E-state index contributed by atoms with van der Waals surface area (Å²) in [4.78, 5) is 4.43. The lowest BCUT2D eigenvalue weighted by molar-refractivity contribution is 0.482. The van der Waals surface area contributed by atoms with Crippen LogP contribution in [0.15, 0.2) is 0 Å². The highest BCUT2D eigenvalue weighted by atomic mass is 15.3. The highest BCUT2D eigenvalue weighted by Gasteiger charge is 2.09. The number of hydrogen-bond donors (Lipinski definition) is 1. The Kier molecular flexibility index (Phi) is 4.07. The van der Waals surface area contributed by atoms with Crippen LogP contribution < -0.4 is 5.73 Å². The number of nitrogens with zero attached hydrogens (tertiary/aromatic N) is 3. The van der Waals surface area contributed by atoms with Crippen LogP contribution in [-0.2, 0) is 19.4 Å². The van der Waals surface area contributed by atoms with Crippen LogP contribution in [0.5, 0.6) is 0 Å². The van der Waals surface area contributed by atoms with Crippen molar-refractivity contribution in [2.75, 3.05) is 0 Å². The third-order valence-corrected chi connectivity index (χ3v) is 2.36. The summed E-state index contributed by atoms with van der Waals surface area (Å²) in [6.45, 7) is 7.04. The van der Waals surface area contributed by atoms with Crippen LogP contribution in [0, 0.1) is 0 Å². The standard InChI is InChI=1S/C10H20N4/c1-4-8(11)7-14-10(6-3)12-9(5-2)13-14/h8H,4-7,11H2,1-3H3. The van der Waals surface area contributed by atoms with Crippen molar-refractivity contribution in [3.63, 3.8) is 0 Å². The zero-order valence-electron chi connectivity index (χ0n) is 9.32. The maximum Gasteiger partial charge on any atom is 0.150 e. The predicted octanol–water partition coefficient (Wildman–Crippen LogP) is 1.14. The zero-order valence-corrected chi connectivity index (χ0v) is 9.32. The third-order valence-electron chi connectivity index (χ3n) is 2.36. The smallest absolute Gasteiger partial charge is 0.150 e. The SMILES string of the molecule is CCc1nc(CC)n(CC(N)CC)n1. The Bertz CT molecular complexity index is 280. The minimum absolute atomic E-state index is 0.187. The summed E-state index contributed by atoms with van der Waals surface area (Å²) in [5, 5.41) is 4.41. The molecule has 1 aromatic rings. The second kappa shape index (κ2) is 5.10. The first-order chi connectivity index (χ1) is 6.71. The molecule has 4 nitrogen and oxygen atoms in total. The van der Waals surface area contributed by atoms with Crippen LogP contribution in [0.2, 0.25) is 0 Å². The summed E-state index contributed by atoms with van der Waals surface area (Å²) in [6, 6.07) is 0.187. The van der Waals surface area contributed by atoms with Gasteiger partial charge in [-0.05, 0) is 6.42 Å². The molecule has 1 aromatic heterocycles. The van der Waals surface area contributed by atoms with Gasteiger partial charge in [-0.3, -0.25) is 0 Å². The molecule has 1 heterocycles. The Balaban J connectivity index is 2.78. The van der Waals surface area contributed by atoms with Crippen LogP contribution in [0.25, 0.3) is 0 Å². The van der Waals surface area contributed by atoms with E-state index >= 15 is 0 Å². The van der Waals surface area contributed by atoms with Crippen LogP contribution >= 0.6 is 0 Å². The molecule has 0 aliphatic heterocycles. The first-order valence-corrected chi connectivity index (χ1v) is 5.39. The van der Waals surface area contributed by atoms with Crippen LogP contribution in [-0.4, -0.2) is 20.8 Å². The zero-order chi connectivity index (χ0) is 10.6. The van der Waals surface area contributed by atoms with Gasteiger partial charge in [0.15, 0.2) is 5.82 Å². The summed E-state index contributed by atoms with van der Waals surface area (Å²) in [7, 11) is 0. The number of hydrogen-bond acceptors (Lipinski definition) is 3. The molecule has 0 spiro atoms. The molecule has 0 saturated heterocycles. The quantitative estimate of drug-likeness (QED) is 0.768. The molecule has 80 valence electrons. The third kappa shape index (κ3) is 2.54. The summed E-state index contributed by atoms with van der Waals surface area (Å²) in [5.41, 5.74) is 5.89. The van der Waals surface area contributed by atoms with Crippen LogP contribution in [0.3, 0.4) is 0 Å². The van der Waals surface area contributed by atoms with E-state index in [1.54, 1.807) is 0 Å². The summed E-state index contributed by atoms with van der Waals surface area (Å²) < 4.78 is 1.95. The molecule has 14 heavy (non-hydrogen) atoms. The molecule has 0 fully saturated rings. The van der Waals surface area contributed by atoms with Crippen molar-refractivity contribution in [3.05, 3.63) is 11.6 Å². The van der Waals surface area contributed by atoms with E-state index in [0.717, 1.165) is 37.5 Å². The Morgan fingerprint density at radius 1 is 1.29 bits per heavy atom. The maximum atomic E-state index is 5.89. The van der Waals surface area contributed by atoms with Crippen LogP contribution in [0.4, 0.5) is 0 Å². The average Bonchev–Trinajstić information content (AvgIpc) is 2.60. The highest BCUT2D eigenvalue weighted by molar-refractivity contribution is 4.93. The molecule has 0 aromatic carbocycles. The molecule has 0 bridgehead atoms. The van der Waals surface area contributed by atoms with Gasteiger partial charge in [-0.15, -0.1) is 0 Å². The van der Waals surface area contributed by atoms with E-state index in [4.69, 9.17) is 5.73 Å². The lowest BCUT2D eigenvalue weighted by Gasteiger charge is -2.09. The first kappa shape index (κ1) is 11.2. The van der Waals surface area contributed by atoms with Gasteiger partial charge in [-0.2, -0.15) is 5.10 Å². The van der Waals surface area contributed by atoms with Crippen molar-refractivity contribution in [1.82, 2.24) is 14.8 Å². The fraction of sp³-hybridized carbons (Fsp3) is 0.800. The van der Waals surface area contributed by atoms with Crippen molar-refractivity contribution in [2.24, 2.45) is 5.73 Å². The van der Waals surface area contributed by atoms with Gasteiger partial charge in [0.05, 0.1) is 6.54 Å². The summed E-state index contributed by atoms with van der Waals surface area (Å²) in [5.74, 6) is 1.97. The number of aromatic nitrogens is 3. The second-order valence-electron chi connectivity index (χ2n) is 3.50. The monoisotopic (exact) mass is 196 g/mol. The lowest BCUT2D eigenvalue weighted by Crippen LogP contribution is -2.26. The fourth-order valence-electron chi connectivity index (χ4n) is 1.33. The van der Waals surface area contributed by atoms with E-state index in [0.29, 0.717) is 0 Å². The number of rotatable bonds is 5. The van der Waals surface area contributed by atoms with E-state index in [2.05, 4.69) is 30.9 Å².